The number of nitrogens with zero attached hydrogens (tertiary/aromatic N) is 1. The van der Waals surface area contributed by atoms with Gasteiger partial charge >= 0.3 is 0 Å². The molecule has 1 N–H and O–H groups in total. The van der Waals surface area contributed by atoms with E-state index in [-0.39, 0.29) is 12.7 Å². The molecular weight excluding hydrogens is 332 g/mol. The van der Waals surface area contributed by atoms with Crippen molar-refractivity contribution >= 4 is 11.6 Å². The minimum Gasteiger partial charge on any atom is -0.497 e. The molecule has 1 aliphatic rings. The molecule has 0 saturated heterocycles. The van der Waals surface area contributed by atoms with Crippen molar-refractivity contribution in [2.24, 2.45) is 0 Å². The number of nitrogens with one attached hydrogen (secondary N) is 1. The molecule has 0 atom stereocenters. The van der Waals surface area contributed by atoms with E-state index < -0.39 is 0 Å². The fourth-order valence-electron chi connectivity index (χ4n) is 2.66. The number of rotatable bonds is 4. The van der Waals surface area contributed by atoms with E-state index in [0.717, 1.165) is 17.0 Å². The summed E-state index contributed by atoms with van der Waals surface area (Å²) in [5, 5.41) is 2.83. The van der Waals surface area contributed by atoms with Crippen molar-refractivity contribution in [3.05, 3.63) is 66.4 Å². The Morgan fingerprint density at radius 1 is 1.08 bits per heavy atom. The van der Waals surface area contributed by atoms with Crippen LogP contribution in [0.4, 0.5) is 5.69 Å². The first-order chi connectivity index (χ1) is 12.7. The van der Waals surface area contributed by atoms with Crippen LogP contribution in [0.15, 0.2) is 60.8 Å². The zero-order valence-corrected chi connectivity index (χ0v) is 14.1. The molecule has 0 saturated carbocycles. The number of aromatic nitrogens is 1. The van der Waals surface area contributed by atoms with Gasteiger partial charge in [-0.1, -0.05) is 6.07 Å². The van der Waals surface area contributed by atoms with Crippen molar-refractivity contribution in [2.75, 3.05) is 19.2 Å². The number of carbonyl (C=O) groups is 1. The number of ether oxygens (including phenoxy) is 3. The van der Waals surface area contributed by atoms with Crippen LogP contribution in [0.2, 0.25) is 0 Å². The molecule has 130 valence electrons. The maximum Gasteiger partial charge on any atom is 0.257 e. The van der Waals surface area contributed by atoms with Gasteiger partial charge in [-0.05, 0) is 42.5 Å². The smallest absolute Gasteiger partial charge is 0.257 e. The number of methoxy groups -OCH3 is 1. The summed E-state index contributed by atoms with van der Waals surface area (Å²) in [5.41, 5.74) is 2.78. The first-order valence-corrected chi connectivity index (χ1v) is 8.04. The van der Waals surface area contributed by atoms with Gasteiger partial charge in [0.05, 0.1) is 18.4 Å². The van der Waals surface area contributed by atoms with E-state index in [1.165, 1.54) is 0 Å². The minimum atomic E-state index is -0.233. The van der Waals surface area contributed by atoms with Crippen molar-refractivity contribution < 1.29 is 19.0 Å². The van der Waals surface area contributed by atoms with Gasteiger partial charge in [0.15, 0.2) is 11.5 Å². The van der Waals surface area contributed by atoms with E-state index in [1.807, 2.05) is 30.3 Å². The van der Waals surface area contributed by atoms with Gasteiger partial charge in [-0.25, -0.2) is 0 Å². The molecule has 0 spiro atoms. The molecule has 2 aromatic carbocycles. The molecule has 3 aromatic rings. The molecule has 1 amide bonds. The van der Waals surface area contributed by atoms with Crippen LogP contribution in [0.3, 0.4) is 0 Å². The van der Waals surface area contributed by atoms with Crippen molar-refractivity contribution in [3.63, 3.8) is 0 Å². The summed E-state index contributed by atoms with van der Waals surface area (Å²) >= 11 is 0. The van der Waals surface area contributed by atoms with Gasteiger partial charge in [-0.15, -0.1) is 0 Å². The third-order valence-electron chi connectivity index (χ3n) is 4.02. The lowest BCUT2D eigenvalue weighted by Gasteiger charge is -2.08. The predicted octanol–water partition coefficient (Wildman–Crippen LogP) is 3.74. The van der Waals surface area contributed by atoms with Crippen LogP contribution in [-0.4, -0.2) is 24.8 Å². The van der Waals surface area contributed by atoms with Crippen molar-refractivity contribution in [1.29, 1.82) is 0 Å². The average Bonchev–Trinajstić information content (AvgIpc) is 3.16. The fraction of sp³-hybridized carbons (Fsp3) is 0.100. The maximum absolute atomic E-state index is 12.4. The van der Waals surface area contributed by atoms with E-state index in [0.29, 0.717) is 22.7 Å². The number of carbonyl (C=O) groups excluding carboxylic acids is 1. The molecule has 26 heavy (non-hydrogen) atoms. The summed E-state index contributed by atoms with van der Waals surface area (Å²) in [6.45, 7) is 0.232. The van der Waals surface area contributed by atoms with Gasteiger partial charge in [-0.2, -0.15) is 0 Å². The number of pyridine rings is 1. The van der Waals surface area contributed by atoms with Gasteiger partial charge in [0.2, 0.25) is 6.79 Å². The van der Waals surface area contributed by atoms with Gasteiger partial charge < -0.3 is 19.5 Å². The average molecular weight is 348 g/mol. The Kier molecular flexibility index (Phi) is 4.15. The van der Waals surface area contributed by atoms with Gasteiger partial charge in [-0.3, -0.25) is 9.78 Å². The number of fused-ring (bicyclic) bond motifs is 1. The third kappa shape index (κ3) is 3.17. The van der Waals surface area contributed by atoms with Gasteiger partial charge in [0.25, 0.3) is 5.91 Å². The Hall–Kier alpha value is -3.54. The molecule has 0 fully saturated rings. The molecule has 0 radical (unpaired) electrons. The summed E-state index contributed by atoms with van der Waals surface area (Å²) in [6, 6.07) is 16.4. The van der Waals surface area contributed by atoms with Gasteiger partial charge in [0, 0.05) is 23.5 Å². The maximum atomic E-state index is 12.4. The summed E-state index contributed by atoms with van der Waals surface area (Å²) in [4.78, 5) is 16.8. The topological polar surface area (TPSA) is 69.7 Å². The number of amides is 1. The largest absolute Gasteiger partial charge is 0.497 e. The molecule has 4 rings (SSSR count). The lowest BCUT2D eigenvalue weighted by atomic mass is 10.1. The Labute approximate surface area is 150 Å². The lowest BCUT2D eigenvalue weighted by Crippen LogP contribution is -2.12. The highest BCUT2D eigenvalue weighted by molar-refractivity contribution is 6.04. The molecule has 0 bridgehead atoms. The molecule has 0 unspecified atom stereocenters. The number of anilines is 1. The Bertz CT molecular complexity index is 954. The predicted molar refractivity (Wildman–Crippen MR) is 96.7 cm³/mol. The van der Waals surface area contributed by atoms with Crippen LogP contribution in [0.1, 0.15) is 10.4 Å². The van der Waals surface area contributed by atoms with Crippen LogP contribution >= 0.6 is 0 Å². The zero-order chi connectivity index (χ0) is 17.9. The second-order valence-electron chi connectivity index (χ2n) is 5.69. The van der Waals surface area contributed by atoms with E-state index in [2.05, 4.69) is 10.3 Å². The van der Waals surface area contributed by atoms with E-state index >= 15 is 0 Å². The zero-order valence-electron chi connectivity index (χ0n) is 14.1. The third-order valence-corrected chi connectivity index (χ3v) is 4.02. The molecule has 2 heterocycles. The van der Waals surface area contributed by atoms with E-state index in [1.54, 1.807) is 37.6 Å². The lowest BCUT2D eigenvalue weighted by molar-refractivity contribution is 0.102. The molecule has 0 aliphatic carbocycles. The van der Waals surface area contributed by atoms with Crippen LogP contribution in [0.25, 0.3) is 11.3 Å². The van der Waals surface area contributed by atoms with Crippen molar-refractivity contribution in [2.45, 2.75) is 0 Å². The van der Waals surface area contributed by atoms with Crippen LogP contribution < -0.4 is 19.5 Å². The SMILES string of the molecule is COc1cccc(NC(=O)c2ccc(-c3ccc4c(c3)OCO4)nc2)c1. The van der Waals surface area contributed by atoms with Gasteiger partial charge in [0.1, 0.15) is 5.75 Å². The second-order valence-corrected chi connectivity index (χ2v) is 5.69. The highest BCUT2D eigenvalue weighted by Gasteiger charge is 2.14. The Balaban J connectivity index is 1.51. The van der Waals surface area contributed by atoms with Crippen molar-refractivity contribution in [1.82, 2.24) is 4.98 Å². The van der Waals surface area contributed by atoms with E-state index in [4.69, 9.17) is 14.2 Å². The van der Waals surface area contributed by atoms with Crippen LogP contribution in [0.5, 0.6) is 17.2 Å². The monoisotopic (exact) mass is 348 g/mol. The standard InChI is InChI=1S/C20H16N2O4/c1-24-16-4-2-3-15(10-16)22-20(23)14-5-7-17(21-11-14)13-6-8-18-19(9-13)26-12-25-18/h2-11H,12H2,1H3,(H,22,23). The molecule has 6 heteroatoms. The van der Waals surface area contributed by atoms with Crippen LogP contribution in [-0.2, 0) is 0 Å². The summed E-state index contributed by atoms with van der Waals surface area (Å²) in [6.07, 6.45) is 1.55. The molecular formula is C20H16N2O4. The summed E-state index contributed by atoms with van der Waals surface area (Å²) < 4.78 is 15.8. The minimum absolute atomic E-state index is 0.232. The highest BCUT2D eigenvalue weighted by Crippen LogP contribution is 2.35. The highest BCUT2D eigenvalue weighted by atomic mass is 16.7. The first-order valence-electron chi connectivity index (χ1n) is 8.04. The van der Waals surface area contributed by atoms with Crippen LogP contribution in [0, 0.1) is 0 Å². The first kappa shape index (κ1) is 16.0. The Morgan fingerprint density at radius 3 is 2.77 bits per heavy atom. The second kappa shape index (κ2) is 6.76. The normalized spacial score (nSPS) is 11.9. The Morgan fingerprint density at radius 2 is 1.96 bits per heavy atom. The molecule has 6 nitrogen and oxygen atoms in total. The number of hydrogen-bond donors (Lipinski definition) is 1. The van der Waals surface area contributed by atoms with E-state index in [9.17, 15) is 4.79 Å². The number of benzene rings is 2. The molecule has 1 aromatic heterocycles. The quantitative estimate of drug-likeness (QED) is 0.778. The summed E-state index contributed by atoms with van der Waals surface area (Å²) in [5.74, 6) is 1.87. The summed E-state index contributed by atoms with van der Waals surface area (Å²) in [7, 11) is 1.58. The number of hydrogen-bond acceptors (Lipinski definition) is 5. The molecule has 1 aliphatic heterocycles. The fourth-order valence-corrected chi connectivity index (χ4v) is 2.66. The van der Waals surface area contributed by atoms with Crippen molar-refractivity contribution in [3.8, 4) is 28.5 Å².